The zero-order valence-corrected chi connectivity index (χ0v) is 17.7. The van der Waals surface area contributed by atoms with E-state index in [0.717, 1.165) is 28.8 Å². The summed E-state index contributed by atoms with van der Waals surface area (Å²) in [7, 11) is 0. The van der Waals surface area contributed by atoms with E-state index in [-0.39, 0.29) is 0 Å². The van der Waals surface area contributed by atoms with Crippen LogP contribution in [-0.2, 0) is 4.79 Å². The summed E-state index contributed by atoms with van der Waals surface area (Å²) in [6.07, 6.45) is 0.444. The van der Waals surface area contributed by atoms with Crippen LogP contribution in [0.1, 0.15) is 18.9 Å². The summed E-state index contributed by atoms with van der Waals surface area (Å²) in [6, 6.07) is 13.6. The molecule has 0 aliphatic carbocycles. The largest absolute Gasteiger partial charge is 0.478 e. The second-order valence-corrected chi connectivity index (χ2v) is 8.33. The number of thioether (sulfide) groups is 1. The number of benzene rings is 2. The van der Waals surface area contributed by atoms with Crippen LogP contribution in [0.2, 0.25) is 0 Å². The molecule has 0 fully saturated rings. The number of hydrogen-bond acceptors (Lipinski definition) is 2. The van der Waals surface area contributed by atoms with E-state index in [0.29, 0.717) is 12.0 Å². The van der Waals surface area contributed by atoms with E-state index in [2.05, 4.69) is 47.8 Å². The number of hydrogen-bond donors (Lipinski definition) is 1. The third kappa shape index (κ3) is 4.72. The Morgan fingerprint density at radius 2 is 1.65 bits per heavy atom. The molecule has 120 valence electrons. The minimum atomic E-state index is -0.896. The van der Waals surface area contributed by atoms with Gasteiger partial charge in [-0.05, 0) is 30.7 Å². The fourth-order valence-corrected chi connectivity index (χ4v) is 6.16. The van der Waals surface area contributed by atoms with Crippen LogP contribution in [0, 0.1) is 0 Å². The van der Waals surface area contributed by atoms with E-state index in [1.54, 1.807) is 0 Å². The van der Waals surface area contributed by atoms with Crippen molar-refractivity contribution in [2.24, 2.45) is 0 Å². The highest BCUT2D eigenvalue weighted by Crippen LogP contribution is 2.44. The molecule has 0 atom stereocenters. The highest BCUT2D eigenvalue weighted by molar-refractivity contribution is 9.11. The molecular weight excluding hydrogens is 508 g/mol. The first-order valence-electron chi connectivity index (χ1n) is 6.78. The normalized spacial score (nSPS) is 12.0. The van der Waals surface area contributed by atoms with Gasteiger partial charge >= 0.3 is 5.97 Å². The van der Waals surface area contributed by atoms with Gasteiger partial charge in [0.05, 0.1) is 5.57 Å². The molecule has 6 heteroatoms. The summed E-state index contributed by atoms with van der Waals surface area (Å²) in [5.74, 6) is -0.896. The van der Waals surface area contributed by atoms with Crippen molar-refractivity contribution in [3.8, 4) is 0 Å². The van der Waals surface area contributed by atoms with Gasteiger partial charge in [-0.2, -0.15) is 0 Å². The predicted molar refractivity (Wildman–Crippen MR) is 107 cm³/mol. The van der Waals surface area contributed by atoms with Gasteiger partial charge in [-0.15, -0.1) is 0 Å². The van der Waals surface area contributed by atoms with E-state index < -0.39 is 5.97 Å². The van der Waals surface area contributed by atoms with Gasteiger partial charge in [-0.1, -0.05) is 84.7 Å². The van der Waals surface area contributed by atoms with E-state index in [4.69, 9.17) is 0 Å². The highest BCUT2D eigenvalue weighted by Gasteiger charge is 2.20. The van der Waals surface area contributed by atoms with E-state index in [1.165, 1.54) is 11.8 Å². The molecule has 0 spiro atoms. The first-order valence-corrected chi connectivity index (χ1v) is 9.97. The highest BCUT2D eigenvalue weighted by atomic mass is 79.9. The molecule has 2 aromatic rings. The Morgan fingerprint density at radius 3 is 2.13 bits per heavy atom. The number of carbonyl (C=O) groups is 1. The zero-order chi connectivity index (χ0) is 17.0. The lowest BCUT2D eigenvalue weighted by Crippen LogP contribution is -2.03. The smallest absolute Gasteiger partial charge is 0.332 e. The maximum Gasteiger partial charge on any atom is 0.332 e. The molecule has 0 amide bonds. The fourth-order valence-electron chi connectivity index (χ4n) is 2.04. The Kier molecular flexibility index (Phi) is 6.95. The molecule has 2 aromatic carbocycles. The molecule has 2 nitrogen and oxygen atoms in total. The van der Waals surface area contributed by atoms with Crippen LogP contribution in [0.4, 0.5) is 0 Å². The minimum Gasteiger partial charge on any atom is -0.478 e. The first kappa shape index (κ1) is 18.8. The molecule has 0 saturated carbocycles. The van der Waals surface area contributed by atoms with E-state index >= 15 is 0 Å². The minimum absolute atomic E-state index is 0.391. The molecule has 0 aliphatic heterocycles. The van der Waals surface area contributed by atoms with Gasteiger partial charge < -0.3 is 5.11 Å². The number of rotatable bonds is 5. The molecule has 23 heavy (non-hydrogen) atoms. The maximum absolute atomic E-state index is 11.7. The number of carboxylic acid groups (broad SMARTS) is 1. The van der Waals surface area contributed by atoms with Crippen molar-refractivity contribution in [1.82, 2.24) is 0 Å². The van der Waals surface area contributed by atoms with E-state index in [9.17, 15) is 9.90 Å². The van der Waals surface area contributed by atoms with Crippen LogP contribution in [0.5, 0.6) is 0 Å². The zero-order valence-electron chi connectivity index (χ0n) is 12.1. The Morgan fingerprint density at radius 1 is 1.09 bits per heavy atom. The average Bonchev–Trinajstić information content (AvgIpc) is 2.47. The van der Waals surface area contributed by atoms with Gasteiger partial charge in [0.15, 0.2) is 0 Å². The second kappa shape index (κ2) is 8.51. The SMILES string of the molecule is CCC(C(=O)O)=C(Sc1ccccc1)c1c(Br)cc(Br)cc1Br. The third-order valence-electron chi connectivity index (χ3n) is 3.08. The molecule has 0 aromatic heterocycles. The van der Waals surface area contributed by atoms with Gasteiger partial charge in [0.25, 0.3) is 0 Å². The number of halogens is 3. The van der Waals surface area contributed by atoms with Crippen molar-refractivity contribution in [2.75, 3.05) is 0 Å². The molecule has 0 aliphatic rings. The Balaban J connectivity index is 2.66. The van der Waals surface area contributed by atoms with Gasteiger partial charge in [0.2, 0.25) is 0 Å². The summed E-state index contributed by atoms with van der Waals surface area (Å²) in [5, 5.41) is 9.61. The summed E-state index contributed by atoms with van der Waals surface area (Å²) < 4.78 is 2.59. The van der Waals surface area contributed by atoms with Crippen LogP contribution in [0.15, 0.2) is 66.4 Å². The maximum atomic E-state index is 11.7. The van der Waals surface area contributed by atoms with Crippen LogP contribution in [-0.4, -0.2) is 11.1 Å². The Labute approximate surface area is 164 Å². The topological polar surface area (TPSA) is 37.3 Å². The van der Waals surface area contributed by atoms with E-state index in [1.807, 2.05) is 49.4 Å². The quantitative estimate of drug-likeness (QED) is 0.341. The lowest BCUT2D eigenvalue weighted by atomic mass is 10.1. The number of aliphatic carboxylic acids is 1. The van der Waals surface area contributed by atoms with Crippen molar-refractivity contribution in [2.45, 2.75) is 18.2 Å². The molecule has 0 unspecified atom stereocenters. The van der Waals surface area contributed by atoms with Crippen molar-refractivity contribution in [3.63, 3.8) is 0 Å². The van der Waals surface area contributed by atoms with Crippen LogP contribution in [0.25, 0.3) is 4.91 Å². The van der Waals surface area contributed by atoms with Gasteiger partial charge in [-0.3, -0.25) is 0 Å². The molecular formula is C17H13Br3O2S. The van der Waals surface area contributed by atoms with Gasteiger partial charge in [-0.25, -0.2) is 4.79 Å². The Hall–Kier alpha value is -0.560. The predicted octanol–water partition coefficient (Wildman–Crippen LogP) is 6.97. The fraction of sp³-hybridized carbons (Fsp3) is 0.118. The van der Waals surface area contributed by atoms with Crippen molar-refractivity contribution < 1.29 is 9.90 Å². The number of carboxylic acids is 1. The van der Waals surface area contributed by atoms with Crippen molar-refractivity contribution in [3.05, 3.63) is 67.0 Å². The third-order valence-corrected chi connectivity index (χ3v) is 5.95. The molecule has 2 rings (SSSR count). The molecule has 0 saturated heterocycles. The van der Waals surface area contributed by atoms with Gasteiger partial charge in [0.1, 0.15) is 0 Å². The van der Waals surface area contributed by atoms with Crippen molar-refractivity contribution >= 4 is 70.4 Å². The molecule has 0 bridgehead atoms. The first-order chi connectivity index (χ1) is 10.9. The Bertz CT molecular complexity index is 735. The lowest BCUT2D eigenvalue weighted by molar-refractivity contribution is -0.132. The molecule has 0 heterocycles. The molecule has 0 radical (unpaired) electrons. The summed E-state index contributed by atoms with van der Waals surface area (Å²) in [6.45, 7) is 1.86. The standard InChI is InChI=1S/C17H13Br3O2S/c1-2-12(17(21)22)16(23-11-6-4-3-5-7-11)15-13(19)8-10(18)9-14(15)20/h3-9H,2H2,1H3,(H,21,22). The van der Waals surface area contributed by atoms with Crippen LogP contribution >= 0.6 is 59.6 Å². The summed E-state index contributed by atoms with van der Waals surface area (Å²) in [4.78, 5) is 13.4. The monoisotopic (exact) mass is 518 g/mol. The van der Waals surface area contributed by atoms with Gasteiger partial charge in [0, 0.05) is 28.8 Å². The second-order valence-electron chi connectivity index (χ2n) is 4.63. The lowest BCUT2D eigenvalue weighted by Gasteiger charge is -2.15. The van der Waals surface area contributed by atoms with Crippen LogP contribution < -0.4 is 0 Å². The summed E-state index contributed by atoms with van der Waals surface area (Å²) in [5.41, 5.74) is 1.24. The average molecular weight is 521 g/mol. The molecule has 1 N–H and O–H groups in total. The van der Waals surface area contributed by atoms with Crippen LogP contribution in [0.3, 0.4) is 0 Å². The summed E-state index contributed by atoms with van der Waals surface area (Å²) >= 11 is 12.0. The van der Waals surface area contributed by atoms with Crippen molar-refractivity contribution in [1.29, 1.82) is 0 Å².